The number of Topliss-reactive ketones (excluding diaryl/α,β-unsaturated/α-hetero) is 1. The highest BCUT2D eigenvalue weighted by molar-refractivity contribution is 7.99. The average Bonchev–Trinajstić information content (AvgIpc) is 2.37. The number of rotatable bonds is 3. The fourth-order valence-corrected chi connectivity index (χ4v) is 1.33. The summed E-state index contributed by atoms with van der Waals surface area (Å²) in [6.45, 7) is 3.54. The van der Waals surface area contributed by atoms with Crippen LogP contribution < -0.4 is 0 Å². The normalized spacial score (nSPS) is 10.0. The fraction of sp³-hybridized carbons (Fsp3) is 0.375. The number of carbonyl (C=O) groups is 1. The molecule has 0 spiro atoms. The van der Waals surface area contributed by atoms with E-state index in [4.69, 9.17) is 4.42 Å². The lowest BCUT2D eigenvalue weighted by atomic mass is 10.3. The fourth-order valence-electron chi connectivity index (χ4n) is 0.729. The van der Waals surface area contributed by atoms with E-state index in [2.05, 4.69) is 0 Å². The Morgan fingerprint density at radius 3 is 2.82 bits per heavy atom. The molecule has 0 N–H and O–H groups in total. The van der Waals surface area contributed by atoms with Crippen molar-refractivity contribution in [2.24, 2.45) is 0 Å². The van der Waals surface area contributed by atoms with Crippen LogP contribution in [0.4, 0.5) is 0 Å². The Kier molecular flexibility index (Phi) is 2.76. The number of hydrogen-bond donors (Lipinski definition) is 0. The molecule has 3 heteroatoms. The van der Waals surface area contributed by atoms with Gasteiger partial charge in [0, 0.05) is 6.92 Å². The molecule has 0 atom stereocenters. The summed E-state index contributed by atoms with van der Waals surface area (Å²) in [5.74, 6) is 1.39. The molecule has 0 unspecified atom stereocenters. The molecule has 0 saturated carbocycles. The summed E-state index contributed by atoms with van der Waals surface area (Å²) in [4.78, 5) is 10.8. The van der Waals surface area contributed by atoms with E-state index in [1.165, 1.54) is 6.92 Å². The van der Waals surface area contributed by atoms with Gasteiger partial charge in [-0.1, -0.05) is 18.7 Å². The second kappa shape index (κ2) is 3.62. The Morgan fingerprint density at radius 2 is 2.36 bits per heavy atom. The van der Waals surface area contributed by atoms with Crippen LogP contribution in [0, 0.1) is 0 Å². The molecule has 0 aliphatic carbocycles. The monoisotopic (exact) mass is 170 g/mol. The Hall–Kier alpha value is -0.700. The summed E-state index contributed by atoms with van der Waals surface area (Å²) in [5, 5.41) is 0.817. The average molecular weight is 170 g/mol. The number of ketones is 1. The van der Waals surface area contributed by atoms with Crippen LogP contribution in [0.15, 0.2) is 21.6 Å². The van der Waals surface area contributed by atoms with E-state index < -0.39 is 0 Å². The van der Waals surface area contributed by atoms with Gasteiger partial charge in [-0.2, -0.15) is 0 Å². The Balaban J connectivity index is 2.73. The minimum Gasteiger partial charge on any atom is -0.447 e. The summed E-state index contributed by atoms with van der Waals surface area (Å²) in [5.41, 5.74) is 0. The first kappa shape index (κ1) is 8.40. The number of thioether (sulfide) groups is 1. The van der Waals surface area contributed by atoms with Crippen molar-refractivity contribution in [3.8, 4) is 0 Å². The second-order valence-corrected chi connectivity index (χ2v) is 3.38. The molecule has 1 aromatic rings. The largest absolute Gasteiger partial charge is 0.447 e. The summed E-state index contributed by atoms with van der Waals surface area (Å²) in [6, 6.07) is 3.53. The highest BCUT2D eigenvalue weighted by atomic mass is 32.2. The molecule has 0 aliphatic heterocycles. The summed E-state index contributed by atoms with van der Waals surface area (Å²) >= 11 is 1.59. The van der Waals surface area contributed by atoms with Crippen molar-refractivity contribution in [2.75, 3.05) is 5.75 Å². The van der Waals surface area contributed by atoms with Crippen LogP contribution in [-0.2, 0) is 0 Å². The molecule has 0 fully saturated rings. The minimum atomic E-state index is -0.0204. The highest BCUT2D eigenvalue weighted by Gasteiger charge is 2.04. The molecule has 1 heterocycles. The van der Waals surface area contributed by atoms with Crippen molar-refractivity contribution in [3.63, 3.8) is 0 Å². The third kappa shape index (κ3) is 2.12. The summed E-state index contributed by atoms with van der Waals surface area (Å²) in [6.07, 6.45) is 0. The summed E-state index contributed by atoms with van der Waals surface area (Å²) < 4.78 is 5.20. The lowest BCUT2D eigenvalue weighted by Crippen LogP contribution is -1.85. The van der Waals surface area contributed by atoms with Crippen LogP contribution in [0.3, 0.4) is 0 Å². The Labute approximate surface area is 70.0 Å². The van der Waals surface area contributed by atoms with Crippen molar-refractivity contribution in [2.45, 2.75) is 18.9 Å². The van der Waals surface area contributed by atoms with Gasteiger partial charge in [-0.15, -0.1) is 0 Å². The lowest BCUT2D eigenvalue weighted by molar-refractivity contribution is 0.0982. The number of hydrogen-bond acceptors (Lipinski definition) is 3. The quantitative estimate of drug-likeness (QED) is 0.516. The van der Waals surface area contributed by atoms with E-state index in [0.29, 0.717) is 5.76 Å². The van der Waals surface area contributed by atoms with Gasteiger partial charge in [-0.05, 0) is 17.9 Å². The van der Waals surface area contributed by atoms with E-state index >= 15 is 0 Å². The van der Waals surface area contributed by atoms with E-state index in [1.807, 2.05) is 13.0 Å². The molecule has 0 aromatic carbocycles. The zero-order chi connectivity index (χ0) is 8.27. The molecule has 0 radical (unpaired) electrons. The zero-order valence-corrected chi connectivity index (χ0v) is 7.40. The van der Waals surface area contributed by atoms with Crippen molar-refractivity contribution >= 4 is 17.5 Å². The molecule has 1 aromatic heterocycles. The molecule has 60 valence electrons. The van der Waals surface area contributed by atoms with Crippen LogP contribution in [0.25, 0.3) is 0 Å². The van der Waals surface area contributed by atoms with E-state index in [0.717, 1.165) is 10.8 Å². The first-order valence-corrected chi connectivity index (χ1v) is 4.46. The molecule has 0 bridgehead atoms. The van der Waals surface area contributed by atoms with Crippen molar-refractivity contribution in [3.05, 3.63) is 17.9 Å². The van der Waals surface area contributed by atoms with Crippen LogP contribution in [0.1, 0.15) is 24.4 Å². The minimum absolute atomic E-state index is 0.0204. The van der Waals surface area contributed by atoms with Gasteiger partial charge in [-0.3, -0.25) is 4.79 Å². The van der Waals surface area contributed by atoms with E-state index in [9.17, 15) is 4.79 Å². The van der Waals surface area contributed by atoms with Crippen molar-refractivity contribution < 1.29 is 9.21 Å². The molecule has 1 rings (SSSR count). The molecule has 0 saturated heterocycles. The van der Waals surface area contributed by atoms with Gasteiger partial charge in [0.2, 0.25) is 0 Å². The molecular formula is C8H10O2S. The van der Waals surface area contributed by atoms with Crippen LogP contribution >= 0.6 is 11.8 Å². The topological polar surface area (TPSA) is 30.2 Å². The third-order valence-corrected chi connectivity index (χ3v) is 2.01. The third-order valence-electron chi connectivity index (χ3n) is 1.21. The lowest BCUT2D eigenvalue weighted by Gasteiger charge is -1.89. The Morgan fingerprint density at radius 1 is 1.64 bits per heavy atom. The van der Waals surface area contributed by atoms with Gasteiger partial charge in [0.25, 0.3) is 0 Å². The van der Waals surface area contributed by atoms with Gasteiger partial charge in [0.15, 0.2) is 16.6 Å². The van der Waals surface area contributed by atoms with Gasteiger partial charge >= 0.3 is 0 Å². The first-order chi connectivity index (χ1) is 5.24. The molecule has 2 nitrogen and oxygen atoms in total. The van der Waals surface area contributed by atoms with Crippen LogP contribution in [0.5, 0.6) is 0 Å². The van der Waals surface area contributed by atoms with Crippen LogP contribution in [0.2, 0.25) is 0 Å². The standard InChI is InChI=1S/C8H10O2S/c1-3-11-8-5-4-7(10-8)6(2)9/h4-5H,3H2,1-2H3. The SMILES string of the molecule is CCSc1ccc(C(C)=O)o1. The number of furan rings is 1. The maximum absolute atomic E-state index is 10.8. The zero-order valence-electron chi connectivity index (χ0n) is 6.59. The van der Waals surface area contributed by atoms with E-state index in [-0.39, 0.29) is 5.78 Å². The van der Waals surface area contributed by atoms with Crippen molar-refractivity contribution in [1.29, 1.82) is 0 Å². The number of carbonyl (C=O) groups excluding carboxylic acids is 1. The molecule has 0 amide bonds. The summed E-state index contributed by atoms with van der Waals surface area (Å²) in [7, 11) is 0. The van der Waals surface area contributed by atoms with Gasteiger partial charge in [0.1, 0.15) is 0 Å². The van der Waals surface area contributed by atoms with Gasteiger partial charge in [0.05, 0.1) is 0 Å². The van der Waals surface area contributed by atoms with Crippen LogP contribution in [-0.4, -0.2) is 11.5 Å². The Bertz CT molecular complexity index is 252. The highest BCUT2D eigenvalue weighted by Crippen LogP contribution is 2.20. The molecule has 0 aliphatic rings. The smallest absolute Gasteiger partial charge is 0.194 e. The van der Waals surface area contributed by atoms with Gasteiger partial charge in [-0.25, -0.2) is 0 Å². The second-order valence-electron chi connectivity index (χ2n) is 2.11. The predicted molar refractivity (Wildman–Crippen MR) is 45.1 cm³/mol. The molecular weight excluding hydrogens is 160 g/mol. The van der Waals surface area contributed by atoms with Crippen molar-refractivity contribution in [1.82, 2.24) is 0 Å². The molecule has 11 heavy (non-hydrogen) atoms. The first-order valence-electron chi connectivity index (χ1n) is 3.47. The maximum Gasteiger partial charge on any atom is 0.194 e. The predicted octanol–water partition coefficient (Wildman–Crippen LogP) is 2.59. The maximum atomic E-state index is 10.8. The van der Waals surface area contributed by atoms with E-state index in [1.54, 1.807) is 17.8 Å². The van der Waals surface area contributed by atoms with Gasteiger partial charge < -0.3 is 4.42 Å².